The Morgan fingerprint density at radius 1 is 0.567 bits per heavy atom. The number of para-hydroxylation sites is 2. The second-order valence-electron chi connectivity index (χ2n) is 14.3. The predicted molar refractivity (Wildman–Crippen MR) is 241 cm³/mol. The average molecular weight is 806 g/mol. The van der Waals surface area contributed by atoms with Crippen LogP contribution in [0.25, 0.3) is 67.1 Å². The molecule has 0 radical (unpaired) electrons. The number of nitrogens with one attached hydrogen (secondary N) is 1. The Bertz CT molecular complexity index is 2910. The standard InChI is InChI=1S/C29H26N6O.C20H14ClN3/c1-20-27(33-21-17-22(19-30-18-21)35-13-15-36-16-14-35)24-8-6-7-23(25-9-2-4-11-31-25)29(24)34-28(20)26-10-3-5-12-32-26;1-13-18(21)15-8-6-7-14(16-9-2-4-11-22-16)20(15)24-19(13)17-10-3-5-12-23-17/h2-12,17-19H,13-16H2,1H3,(H,33,34);2-12H,1H3. The number of ether oxygens (including phenoxy) is 1. The minimum absolute atomic E-state index is 0.707. The predicted octanol–water partition coefficient (Wildman–Crippen LogP) is 11.0. The summed E-state index contributed by atoms with van der Waals surface area (Å²) in [4.78, 5) is 34.9. The van der Waals surface area contributed by atoms with E-state index >= 15 is 0 Å². The van der Waals surface area contributed by atoms with E-state index in [0.717, 1.165) is 122 Å². The van der Waals surface area contributed by atoms with Gasteiger partial charge in [0.15, 0.2) is 0 Å². The Morgan fingerprint density at radius 3 is 1.63 bits per heavy atom. The molecule has 0 atom stereocenters. The second kappa shape index (κ2) is 17.4. The fourth-order valence-corrected chi connectivity index (χ4v) is 7.72. The third-order valence-electron chi connectivity index (χ3n) is 10.5. The molecule has 10 nitrogen and oxygen atoms in total. The van der Waals surface area contributed by atoms with Gasteiger partial charge in [0, 0.05) is 65.3 Å². The highest BCUT2D eigenvalue weighted by Gasteiger charge is 2.19. The molecule has 11 heteroatoms. The van der Waals surface area contributed by atoms with Crippen LogP contribution in [0.1, 0.15) is 11.1 Å². The van der Waals surface area contributed by atoms with Crippen molar-refractivity contribution in [2.24, 2.45) is 0 Å². The summed E-state index contributed by atoms with van der Waals surface area (Å²) < 4.78 is 5.52. The molecule has 8 heterocycles. The quantitative estimate of drug-likeness (QED) is 0.167. The van der Waals surface area contributed by atoms with Crippen LogP contribution in [0.5, 0.6) is 0 Å². The fourth-order valence-electron chi connectivity index (χ4n) is 7.48. The van der Waals surface area contributed by atoms with Gasteiger partial charge in [-0.15, -0.1) is 0 Å². The lowest BCUT2D eigenvalue weighted by atomic mass is 10.00. The normalized spacial score (nSPS) is 12.6. The Labute approximate surface area is 353 Å². The van der Waals surface area contributed by atoms with Crippen molar-refractivity contribution in [1.29, 1.82) is 0 Å². The number of fused-ring (bicyclic) bond motifs is 2. The van der Waals surface area contributed by atoms with Gasteiger partial charge in [0.2, 0.25) is 0 Å². The van der Waals surface area contributed by atoms with Gasteiger partial charge in [0.25, 0.3) is 0 Å². The van der Waals surface area contributed by atoms with Crippen molar-refractivity contribution >= 4 is 50.5 Å². The Morgan fingerprint density at radius 2 is 1.08 bits per heavy atom. The monoisotopic (exact) mass is 805 g/mol. The van der Waals surface area contributed by atoms with Gasteiger partial charge in [0.05, 0.1) is 92.9 Å². The number of morpholine rings is 1. The van der Waals surface area contributed by atoms with Crippen LogP contribution in [-0.4, -0.2) is 61.2 Å². The molecule has 1 fully saturated rings. The van der Waals surface area contributed by atoms with E-state index < -0.39 is 0 Å². The van der Waals surface area contributed by atoms with Crippen LogP contribution in [0.15, 0.2) is 152 Å². The lowest BCUT2D eigenvalue weighted by molar-refractivity contribution is 0.122. The van der Waals surface area contributed by atoms with Crippen molar-refractivity contribution in [2.75, 3.05) is 36.5 Å². The number of pyridine rings is 7. The molecule has 1 aliphatic rings. The van der Waals surface area contributed by atoms with Crippen molar-refractivity contribution in [3.05, 3.63) is 169 Å². The maximum atomic E-state index is 6.65. The van der Waals surface area contributed by atoms with Gasteiger partial charge >= 0.3 is 0 Å². The first-order chi connectivity index (χ1) is 29.5. The molecule has 60 heavy (non-hydrogen) atoms. The maximum Gasteiger partial charge on any atom is 0.0943 e. The number of benzene rings is 2. The average Bonchev–Trinajstić information content (AvgIpc) is 3.32. The van der Waals surface area contributed by atoms with Crippen molar-refractivity contribution < 1.29 is 4.74 Å². The summed E-state index contributed by atoms with van der Waals surface area (Å²) in [5, 5.41) is 6.33. The van der Waals surface area contributed by atoms with Crippen LogP contribution in [0, 0.1) is 13.8 Å². The zero-order chi connectivity index (χ0) is 40.8. The van der Waals surface area contributed by atoms with Gasteiger partial charge in [0.1, 0.15) is 0 Å². The largest absolute Gasteiger partial charge is 0.378 e. The molecule has 7 aromatic heterocycles. The van der Waals surface area contributed by atoms with E-state index in [9.17, 15) is 0 Å². The first kappa shape index (κ1) is 38.4. The summed E-state index contributed by atoms with van der Waals surface area (Å²) >= 11 is 6.65. The van der Waals surface area contributed by atoms with Gasteiger partial charge in [-0.3, -0.25) is 24.9 Å². The maximum absolute atomic E-state index is 6.65. The van der Waals surface area contributed by atoms with E-state index in [2.05, 4.69) is 66.3 Å². The highest BCUT2D eigenvalue weighted by molar-refractivity contribution is 6.36. The van der Waals surface area contributed by atoms with E-state index in [1.165, 1.54) is 0 Å². The Balaban J connectivity index is 0.000000167. The van der Waals surface area contributed by atoms with E-state index in [4.69, 9.17) is 26.3 Å². The van der Waals surface area contributed by atoms with Gasteiger partial charge in [-0.2, -0.15) is 0 Å². The van der Waals surface area contributed by atoms with Crippen LogP contribution >= 0.6 is 11.6 Å². The van der Waals surface area contributed by atoms with Crippen LogP contribution < -0.4 is 10.2 Å². The minimum atomic E-state index is 0.707. The third-order valence-corrected chi connectivity index (χ3v) is 11.0. The van der Waals surface area contributed by atoms with Crippen molar-refractivity contribution in [3.63, 3.8) is 0 Å². The van der Waals surface area contributed by atoms with Crippen LogP contribution in [0.4, 0.5) is 17.1 Å². The van der Waals surface area contributed by atoms with Gasteiger partial charge in [-0.1, -0.05) is 72.3 Å². The van der Waals surface area contributed by atoms with E-state index in [-0.39, 0.29) is 0 Å². The van der Waals surface area contributed by atoms with Crippen LogP contribution in [0.3, 0.4) is 0 Å². The van der Waals surface area contributed by atoms with Crippen LogP contribution in [-0.2, 0) is 4.74 Å². The fraction of sp³-hybridized carbons (Fsp3) is 0.122. The topological polar surface area (TPSA) is 115 Å². The molecule has 2 aromatic carbocycles. The molecule has 0 aliphatic carbocycles. The summed E-state index contributed by atoms with van der Waals surface area (Å²) in [5.41, 5.74) is 13.7. The number of hydrogen-bond acceptors (Lipinski definition) is 10. The number of rotatable bonds is 7. The first-order valence-corrected chi connectivity index (χ1v) is 20.1. The third kappa shape index (κ3) is 7.86. The summed E-state index contributed by atoms with van der Waals surface area (Å²) in [6, 6.07) is 37.8. The summed E-state index contributed by atoms with van der Waals surface area (Å²) in [6.07, 6.45) is 10.9. The molecule has 1 saturated heterocycles. The summed E-state index contributed by atoms with van der Waals surface area (Å²) in [5.74, 6) is 0. The van der Waals surface area contributed by atoms with Crippen molar-refractivity contribution in [2.45, 2.75) is 13.8 Å². The highest BCUT2D eigenvalue weighted by Crippen LogP contribution is 2.39. The summed E-state index contributed by atoms with van der Waals surface area (Å²) in [6.45, 7) is 7.25. The first-order valence-electron chi connectivity index (χ1n) is 19.8. The van der Waals surface area contributed by atoms with Gasteiger partial charge in [-0.25, -0.2) is 9.97 Å². The molecule has 9 aromatic rings. The van der Waals surface area contributed by atoms with Crippen molar-refractivity contribution in [3.8, 4) is 45.3 Å². The number of nitrogens with zero attached hydrogens (tertiary/aromatic N) is 8. The van der Waals surface area contributed by atoms with Crippen LogP contribution in [0.2, 0.25) is 5.02 Å². The zero-order valence-electron chi connectivity index (χ0n) is 33.1. The Hall–Kier alpha value is -7.14. The second-order valence-corrected chi connectivity index (χ2v) is 14.7. The molecule has 10 rings (SSSR count). The van der Waals surface area contributed by atoms with Gasteiger partial charge < -0.3 is 15.0 Å². The van der Waals surface area contributed by atoms with E-state index in [0.29, 0.717) is 5.02 Å². The van der Waals surface area contributed by atoms with E-state index in [1.54, 1.807) is 18.6 Å². The number of aromatic nitrogens is 7. The molecular formula is C49H40ClN9O. The van der Waals surface area contributed by atoms with Gasteiger partial charge in [-0.05, 0) is 74.0 Å². The molecule has 0 saturated carbocycles. The number of halogens is 1. The number of anilines is 3. The number of hydrogen-bond donors (Lipinski definition) is 1. The molecule has 1 N–H and O–H groups in total. The zero-order valence-corrected chi connectivity index (χ0v) is 33.9. The highest BCUT2D eigenvalue weighted by atomic mass is 35.5. The molecule has 294 valence electrons. The lowest BCUT2D eigenvalue weighted by Crippen LogP contribution is -2.36. The van der Waals surface area contributed by atoms with Crippen molar-refractivity contribution in [1.82, 2.24) is 34.9 Å². The smallest absolute Gasteiger partial charge is 0.0943 e. The Kier molecular flexibility index (Phi) is 11.1. The summed E-state index contributed by atoms with van der Waals surface area (Å²) in [7, 11) is 0. The van der Waals surface area contributed by atoms with E-state index in [1.807, 2.05) is 117 Å². The minimum Gasteiger partial charge on any atom is -0.378 e. The lowest BCUT2D eigenvalue weighted by Gasteiger charge is -2.28. The molecule has 0 bridgehead atoms. The SMILES string of the molecule is Cc1c(-c2ccccn2)nc2c(-c3ccccn3)cccc2c1Cl.Cc1c(-c2ccccn2)nc2c(-c3ccccn3)cccc2c1Nc1cncc(N2CCOCC2)c1. The molecule has 1 aliphatic heterocycles. The molecule has 0 unspecified atom stereocenters. The molecule has 0 amide bonds. The molecule has 0 spiro atoms. The molecular weight excluding hydrogens is 766 g/mol.